The number of carbonyl (C=O) groups is 2. The Kier molecular flexibility index (Phi) is 6.90. The summed E-state index contributed by atoms with van der Waals surface area (Å²) in [6.07, 6.45) is 0. The van der Waals surface area contributed by atoms with Crippen LogP contribution in [0.25, 0.3) is 0 Å². The van der Waals surface area contributed by atoms with Crippen molar-refractivity contribution in [3.05, 3.63) is 76.5 Å². The van der Waals surface area contributed by atoms with Gasteiger partial charge in [0.2, 0.25) is 0 Å². The number of hydrogen-bond acceptors (Lipinski definition) is 5. The largest absolute Gasteiger partial charge is 0.490 e. The SMILES string of the molecule is CC1=NC(C)=C(C(=O)OCCOc2ccccc2)C(c2cccc(Cl)c2)C1C(=O)O. The summed E-state index contributed by atoms with van der Waals surface area (Å²) in [5, 5.41) is 10.3. The molecule has 2 aromatic rings. The van der Waals surface area contributed by atoms with Crippen molar-refractivity contribution in [1.29, 1.82) is 0 Å². The van der Waals surface area contributed by atoms with Gasteiger partial charge in [-0.25, -0.2) is 4.79 Å². The fourth-order valence-corrected chi connectivity index (χ4v) is 3.77. The Labute approximate surface area is 179 Å². The number of aliphatic carboxylic acids is 1. The number of aliphatic imine (C=N–C) groups is 1. The topological polar surface area (TPSA) is 85.2 Å². The van der Waals surface area contributed by atoms with Gasteiger partial charge in [0.15, 0.2) is 0 Å². The predicted molar refractivity (Wildman–Crippen MR) is 114 cm³/mol. The highest BCUT2D eigenvalue weighted by Crippen LogP contribution is 2.40. The zero-order valence-corrected chi connectivity index (χ0v) is 17.4. The fraction of sp³-hybridized carbons (Fsp3) is 0.261. The van der Waals surface area contributed by atoms with Crippen molar-refractivity contribution in [2.75, 3.05) is 13.2 Å². The second kappa shape index (κ2) is 9.59. The molecule has 0 aliphatic carbocycles. The van der Waals surface area contributed by atoms with E-state index >= 15 is 0 Å². The third-order valence-corrected chi connectivity index (χ3v) is 5.09. The quantitative estimate of drug-likeness (QED) is 0.519. The lowest BCUT2D eigenvalue weighted by molar-refractivity contribution is -0.141. The number of nitrogens with zero attached hydrogens (tertiary/aromatic N) is 1. The summed E-state index contributed by atoms with van der Waals surface area (Å²) in [7, 11) is 0. The molecule has 1 N–H and O–H groups in total. The molecule has 0 saturated carbocycles. The van der Waals surface area contributed by atoms with Crippen LogP contribution in [0.2, 0.25) is 5.02 Å². The van der Waals surface area contributed by atoms with Crippen LogP contribution in [-0.2, 0) is 14.3 Å². The second-order valence-electron chi connectivity index (χ2n) is 6.90. The summed E-state index contributed by atoms with van der Waals surface area (Å²) < 4.78 is 10.9. The number of ether oxygens (including phenoxy) is 2. The number of carbonyl (C=O) groups excluding carboxylic acids is 1. The van der Waals surface area contributed by atoms with Crippen LogP contribution in [0, 0.1) is 5.92 Å². The van der Waals surface area contributed by atoms with Gasteiger partial charge in [-0.2, -0.15) is 0 Å². The highest BCUT2D eigenvalue weighted by molar-refractivity contribution is 6.30. The van der Waals surface area contributed by atoms with Crippen molar-refractivity contribution < 1.29 is 24.2 Å². The van der Waals surface area contributed by atoms with Crippen LogP contribution in [0.3, 0.4) is 0 Å². The molecular formula is C23H22ClNO5. The molecule has 7 heteroatoms. The smallest absolute Gasteiger partial charge is 0.336 e. The molecular weight excluding hydrogens is 406 g/mol. The molecule has 0 bridgehead atoms. The first kappa shape index (κ1) is 21.6. The Morgan fingerprint density at radius 2 is 1.80 bits per heavy atom. The lowest BCUT2D eigenvalue weighted by Gasteiger charge is -2.30. The molecule has 1 aliphatic rings. The van der Waals surface area contributed by atoms with Crippen molar-refractivity contribution in [2.45, 2.75) is 19.8 Å². The minimum Gasteiger partial charge on any atom is -0.490 e. The first-order valence-corrected chi connectivity index (χ1v) is 9.85. The molecule has 1 aliphatic heterocycles. The number of carboxylic acid groups (broad SMARTS) is 1. The molecule has 2 atom stereocenters. The monoisotopic (exact) mass is 427 g/mol. The van der Waals surface area contributed by atoms with Crippen LogP contribution in [0.5, 0.6) is 5.75 Å². The van der Waals surface area contributed by atoms with Gasteiger partial charge in [0, 0.05) is 22.3 Å². The van der Waals surface area contributed by atoms with Crippen molar-refractivity contribution in [2.24, 2.45) is 10.9 Å². The summed E-state index contributed by atoms with van der Waals surface area (Å²) >= 11 is 6.13. The second-order valence-corrected chi connectivity index (χ2v) is 7.33. The van der Waals surface area contributed by atoms with E-state index in [1.807, 2.05) is 18.2 Å². The number of rotatable bonds is 7. The van der Waals surface area contributed by atoms with Gasteiger partial charge in [-0.15, -0.1) is 0 Å². The molecule has 6 nitrogen and oxygen atoms in total. The molecule has 0 amide bonds. The number of para-hydroxylation sites is 1. The van der Waals surface area contributed by atoms with Crippen LogP contribution in [0.1, 0.15) is 25.3 Å². The molecule has 2 unspecified atom stereocenters. The summed E-state index contributed by atoms with van der Waals surface area (Å²) in [5.41, 5.74) is 1.70. The molecule has 0 radical (unpaired) electrons. The van der Waals surface area contributed by atoms with Gasteiger partial charge < -0.3 is 14.6 Å². The maximum absolute atomic E-state index is 12.9. The summed E-state index contributed by atoms with van der Waals surface area (Å²) in [6.45, 7) is 3.52. The van der Waals surface area contributed by atoms with Crippen molar-refractivity contribution >= 4 is 29.3 Å². The van der Waals surface area contributed by atoms with E-state index in [9.17, 15) is 14.7 Å². The van der Waals surface area contributed by atoms with E-state index in [2.05, 4.69) is 4.99 Å². The zero-order chi connectivity index (χ0) is 21.7. The third kappa shape index (κ3) is 4.89. The fourth-order valence-electron chi connectivity index (χ4n) is 3.57. The average Bonchev–Trinajstić information content (AvgIpc) is 2.71. The normalized spacial score (nSPS) is 18.6. The summed E-state index contributed by atoms with van der Waals surface area (Å²) in [4.78, 5) is 29.3. The Hall–Kier alpha value is -3.12. The first-order chi connectivity index (χ1) is 14.4. The summed E-state index contributed by atoms with van der Waals surface area (Å²) in [5.74, 6) is -2.75. The van der Waals surface area contributed by atoms with Gasteiger partial charge in [0.1, 0.15) is 24.9 Å². The predicted octanol–water partition coefficient (Wildman–Crippen LogP) is 4.50. The first-order valence-electron chi connectivity index (χ1n) is 9.47. The minimum atomic E-state index is -1.06. The maximum atomic E-state index is 12.9. The maximum Gasteiger partial charge on any atom is 0.336 e. The van der Waals surface area contributed by atoms with E-state index in [4.69, 9.17) is 21.1 Å². The highest BCUT2D eigenvalue weighted by atomic mass is 35.5. The lowest BCUT2D eigenvalue weighted by Crippen LogP contribution is -2.35. The van der Waals surface area contributed by atoms with Crippen LogP contribution >= 0.6 is 11.6 Å². The molecule has 1 heterocycles. The number of hydrogen-bond donors (Lipinski definition) is 1. The van der Waals surface area contributed by atoms with Crippen molar-refractivity contribution in [1.82, 2.24) is 0 Å². The van der Waals surface area contributed by atoms with E-state index < -0.39 is 23.8 Å². The molecule has 0 spiro atoms. The van der Waals surface area contributed by atoms with Gasteiger partial charge in [-0.3, -0.25) is 9.79 Å². The number of allylic oxidation sites excluding steroid dienone is 1. The number of esters is 1. The van der Waals surface area contributed by atoms with Crippen LogP contribution < -0.4 is 4.74 Å². The van der Waals surface area contributed by atoms with Gasteiger partial charge >= 0.3 is 11.9 Å². The molecule has 0 fully saturated rings. The number of benzene rings is 2. The lowest BCUT2D eigenvalue weighted by atomic mass is 9.75. The number of halogens is 1. The average molecular weight is 428 g/mol. The van der Waals surface area contributed by atoms with E-state index in [-0.39, 0.29) is 18.8 Å². The van der Waals surface area contributed by atoms with Crippen LogP contribution in [0.4, 0.5) is 0 Å². The van der Waals surface area contributed by atoms with Crippen LogP contribution in [0.15, 0.2) is 70.9 Å². The molecule has 30 heavy (non-hydrogen) atoms. The number of carboxylic acids is 1. The van der Waals surface area contributed by atoms with E-state index in [0.717, 1.165) is 0 Å². The standard InChI is InChI=1S/C23H22ClNO5/c1-14-19(22(26)27)21(16-7-6-8-17(24)13-16)20(15(2)25-14)23(28)30-12-11-29-18-9-4-3-5-10-18/h3-10,13,19,21H,11-12H2,1-2H3,(H,26,27). The Morgan fingerprint density at radius 3 is 2.47 bits per heavy atom. The van der Waals surface area contributed by atoms with Gasteiger partial charge in [0.05, 0.1) is 5.57 Å². The Morgan fingerprint density at radius 1 is 1.07 bits per heavy atom. The molecule has 3 rings (SSSR count). The highest BCUT2D eigenvalue weighted by Gasteiger charge is 2.41. The molecule has 156 valence electrons. The van der Waals surface area contributed by atoms with E-state index in [1.54, 1.807) is 50.2 Å². The van der Waals surface area contributed by atoms with Gasteiger partial charge in [-0.1, -0.05) is 41.9 Å². The Balaban J connectivity index is 1.82. The van der Waals surface area contributed by atoms with Gasteiger partial charge in [-0.05, 0) is 43.7 Å². The molecule has 0 aromatic heterocycles. The van der Waals surface area contributed by atoms with Crippen molar-refractivity contribution in [3.63, 3.8) is 0 Å². The van der Waals surface area contributed by atoms with Crippen molar-refractivity contribution in [3.8, 4) is 5.75 Å². The van der Waals surface area contributed by atoms with E-state index in [1.165, 1.54) is 0 Å². The van der Waals surface area contributed by atoms with Crippen LogP contribution in [-0.4, -0.2) is 36.0 Å². The van der Waals surface area contributed by atoms with Gasteiger partial charge in [0.25, 0.3) is 0 Å². The molecule has 2 aromatic carbocycles. The third-order valence-electron chi connectivity index (χ3n) is 4.85. The zero-order valence-electron chi connectivity index (χ0n) is 16.7. The Bertz CT molecular complexity index is 1000. The van der Waals surface area contributed by atoms with E-state index in [0.29, 0.717) is 27.7 Å². The minimum absolute atomic E-state index is 0.0210. The molecule has 0 saturated heterocycles. The summed E-state index contributed by atoms with van der Waals surface area (Å²) in [6, 6.07) is 16.0.